The Morgan fingerprint density at radius 1 is 1.07 bits per heavy atom. The molecule has 0 aliphatic heterocycles. The molecule has 0 atom stereocenters. The topological polar surface area (TPSA) is 38.3 Å². The van der Waals surface area contributed by atoms with Crippen LogP contribution in [0.5, 0.6) is 0 Å². The average Bonchev–Trinajstić information content (AvgIpc) is 2.58. The standard InChI is InChI=1S/C20H22F5NO2/c1-18(2,12-28-16-7-5-4-6-15(16)20(23,24)25)26-17(27)13-8-10-14(11-9-13)19(3,21)22/h4,6,8-11H,5,7,12H2,1-3H3,(H,26,27). The second-order valence-electron chi connectivity index (χ2n) is 7.37. The molecule has 1 N–H and O–H groups in total. The summed E-state index contributed by atoms with van der Waals surface area (Å²) in [6.45, 7) is 3.79. The first-order valence-electron chi connectivity index (χ1n) is 8.70. The lowest BCUT2D eigenvalue weighted by Gasteiger charge is -2.28. The molecule has 154 valence electrons. The largest absolute Gasteiger partial charge is 0.495 e. The Bertz CT molecular complexity index is 771. The molecule has 1 aliphatic carbocycles. The molecule has 0 unspecified atom stereocenters. The van der Waals surface area contributed by atoms with Crippen molar-refractivity contribution in [3.05, 3.63) is 58.9 Å². The molecular formula is C20H22F5NO2. The third kappa shape index (κ3) is 5.81. The number of allylic oxidation sites excluding steroid dienone is 4. The Kier molecular flexibility index (Phi) is 6.21. The summed E-state index contributed by atoms with van der Waals surface area (Å²) >= 11 is 0. The number of ether oxygens (including phenoxy) is 1. The zero-order chi connectivity index (χ0) is 21.2. The maximum atomic E-state index is 13.2. The van der Waals surface area contributed by atoms with Crippen LogP contribution < -0.4 is 5.32 Å². The highest BCUT2D eigenvalue weighted by molar-refractivity contribution is 5.94. The number of benzene rings is 1. The van der Waals surface area contributed by atoms with Gasteiger partial charge in [-0.3, -0.25) is 4.79 Å². The lowest BCUT2D eigenvalue weighted by atomic mass is 10.0. The molecule has 0 bridgehead atoms. The van der Waals surface area contributed by atoms with Crippen molar-refractivity contribution >= 4 is 5.91 Å². The van der Waals surface area contributed by atoms with E-state index >= 15 is 0 Å². The molecule has 8 heteroatoms. The summed E-state index contributed by atoms with van der Waals surface area (Å²) in [7, 11) is 0. The normalized spacial score (nSPS) is 15.6. The minimum atomic E-state index is -4.51. The summed E-state index contributed by atoms with van der Waals surface area (Å²) in [4.78, 5) is 12.3. The first kappa shape index (κ1) is 21.9. The second-order valence-corrected chi connectivity index (χ2v) is 7.37. The molecule has 28 heavy (non-hydrogen) atoms. The number of alkyl halides is 5. The average molecular weight is 403 g/mol. The Morgan fingerprint density at radius 2 is 1.68 bits per heavy atom. The van der Waals surface area contributed by atoms with Crippen molar-refractivity contribution in [1.82, 2.24) is 5.32 Å². The van der Waals surface area contributed by atoms with E-state index in [4.69, 9.17) is 4.74 Å². The predicted molar refractivity (Wildman–Crippen MR) is 95.0 cm³/mol. The molecule has 1 aromatic carbocycles. The van der Waals surface area contributed by atoms with Crippen LogP contribution in [0.3, 0.4) is 0 Å². The SMILES string of the molecule is CC(C)(COC1=C(C(F)(F)F)C=CCC1)NC(=O)c1ccc(C(C)(F)F)cc1. The molecule has 0 radical (unpaired) electrons. The molecule has 0 aromatic heterocycles. The van der Waals surface area contributed by atoms with Gasteiger partial charge in [0.25, 0.3) is 11.8 Å². The van der Waals surface area contributed by atoms with Gasteiger partial charge in [-0.15, -0.1) is 0 Å². The van der Waals surface area contributed by atoms with Crippen molar-refractivity contribution in [3.63, 3.8) is 0 Å². The molecule has 1 aromatic rings. The van der Waals surface area contributed by atoms with E-state index in [1.54, 1.807) is 13.8 Å². The highest BCUT2D eigenvalue weighted by Crippen LogP contribution is 2.34. The fraction of sp³-hybridized carbons (Fsp3) is 0.450. The van der Waals surface area contributed by atoms with Gasteiger partial charge in [0.05, 0.1) is 11.1 Å². The fourth-order valence-electron chi connectivity index (χ4n) is 2.64. The maximum absolute atomic E-state index is 13.2. The Balaban J connectivity index is 2.04. The monoisotopic (exact) mass is 403 g/mol. The van der Waals surface area contributed by atoms with Crippen molar-refractivity contribution < 1.29 is 31.5 Å². The molecule has 1 amide bonds. The van der Waals surface area contributed by atoms with Crippen LogP contribution in [0.15, 0.2) is 47.7 Å². The lowest BCUT2D eigenvalue weighted by Crippen LogP contribution is -2.47. The molecule has 0 heterocycles. The number of rotatable bonds is 6. The Hall–Kier alpha value is -2.38. The van der Waals surface area contributed by atoms with Gasteiger partial charge in [-0.1, -0.05) is 24.3 Å². The van der Waals surface area contributed by atoms with E-state index < -0.39 is 29.1 Å². The van der Waals surface area contributed by atoms with Crippen LogP contribution >= 0.6 is 0 Å². The number of nitrogens with one attached hydrogen (secondary N) is 1. The summed E-state index contributed by atoms with van der Waals surface area (Å²) in [5, 5.41) is 2.65. The Labute approximate surface area is 160 Å². The van der Waals surface area contributed by atoms with Crippen molar-refractivity contribution in [2.75, 3.05) is 6.61 Å². The van der Waals surface area contributed by atoms with Crippen molar-refractivity contribution in [1.29, 1.82) is 0 Å². The van der Waals surface area contributed by atoms with Crippen LogP contribution in [-0.2, 0) is 10.7 Å². The fourth-order valence-corrected chi connectivity index (χ4v) is 2.64. The van der Waals surface area contributed by atoms with Crippen LogP contribution in [0.25, 0.3) is 0 Å². The maximum Gasteiger partial charge on any atom is 0.419 e. The Morgan fingerprint density at radius 3 is 2.21 bits per heavy atom. The zero-order valence-electron chi connectivity index (χ0n) is 15.8. The van der Waals surface area contributed by atoms with E-state index in [0.29, 0.717) is 6.42 Å². The second kappa shape index (κ2) is 7.93. The number of carbonyl (C=O) groups excluding carboxylic acids is 1. The third-order valence-electron chi connectivity index (χ3n) is 4.14. The molecule has 0 saturated heterocycles. The minimum Gasteiger partial charge on any atom is -0.495 e. The molecule has 0 saturated carbocycles. The van der Waals surface area contributed by atoms with Gasteiger partial charge in [0.2, 0.25) is 0 Å². The number of halogens is 5. The third-order valence-corrected chi connectivity index (χ3v) is 4.14. The van der Waals surface area contributed by atoms with E-state index in [1.807, 2.05) is 0 Å². The first-order valence-corrected chi connectivity index (χ1v) is 8.70. The van der Waals surface area contributed by atoms with Crippen LogP contribution in [-0.4, -0.2) is 24.2 Å². The van der Waals surface area contributed by atoms with E-state index in [9.17, 15) is 26.7 Å². The van der Waals surface area contributed by atoms with Crippen molar-refractivity contribution in [3.8, 4) is 0 Å². The quantitative estimate of drug-likeness (QED) is 0.638. The van der Waals surface area contributed by atoms with E-state index in [2.05, 4.69) is 5.32 Å². The van der Waals surface area contributed by atoms with Crippen LogP contribution in [0.1, 0.15) is 49.5 Å². The highest BCUT2D eigenvalue weighted by Gasteiger charge is 2.37. The summed E-state index contributed by atoms with van der Waals surface area (Å²) in [5.74, 6) is -3.71. The van der Waals surface area contributed by atoms with Gasteiger partial charge in [0.1, 0.15) is 12.4 Å². The van der Waals surface area contributed by atoms with Gasteiger partial charge in [-0.2, -0.15) is 13.2 Å². The number of hydrogen-bond acceptors (Lipinski definition) is 2. The van der Waals surface area contributed by atoms with Crippen LogP contribution in [0, 0.1) is 0 Å². The number of hydrogen-bond donors (Lipinski definition) is 1. The van der Waals surface area contributed by atoms with Gasteiger partial charge >= 0.3 is 6.18 Å². The number of carbonyl (C=O) groups is 1. The van der Waals surface area contributed by atoms with E-state index in [1.165, 1.54) is 18.2 Å². The van der Waals surface area contributed by atoms with Crippen molar-refractivity contribution in [2.45, 2.75) is 51.3 Å². The van der Waals surface area contributed by atoms with Crippen molar-refractivity contribution in [2.24, 2.45) is 0 Å². The van der Waals surface area contributed by atoms with Gasteiger partial charge in [0, 0.05) is 24.5 Å². The van der Waals surface area contributed by atoms with Gasteiger partial charge in [0.15, 0.2) is 0 Å². The molecular weight excluding hydrogens is 381 g/mol. The summed E-state index contributed by atoms with van der Waals surface area (Å²) in [6.07, 6.45) is -1.51. The van der Waals surface area contributed by atoms with Gasteiger partial charge in [-0.25, -0.2) is 8.78 Å². The summed E-state index contributed by atoms with van der Waals surface area (Å²) in [5.41, 5.74) is -1.85. The highest BCUT2D eigenvalue weighted by atomic mass is 19.4. The minimum absolute atomic E-state index is 0.127. The lowest BCUT2D eigenvalue weighted by molar-refractivity contribution is -0.0927. The van der Waals surface area contributed by atoms with E-state index in [-0.39, 0.29) is 29.9 Å². The molecule has 0 spiro atoms. The number of amides is 1. The zero-order valence-corrected chi connectivity index (χ0v) is 15.8. The molecule has 3 nitrogen and oxygen atoms in total. The van der Waals surface area contributed by atoms with E-state index in [0.717, 1.165) is 25.1 Å². The molecule has 2 rings (SSSR count). The first-order chi connectivity index (χ1) is 12.8. The van der Waals surface area contributed by atoms with Gasteiger partial charge < -0.3 is 10.1 Å². The summed E-state index contributed by atoms with van der Waals surface area (Å²) in [6, 6.07) is 4.87. The van der Waals surface area contributed by atoms with Crippen LogP contribution in [0.4, 0.5) is 22.0 Å². The molecule has 0 fully saturated rings. The predicted octanol–water partition coefficient (Wildman–Crippen LogP) is 5.49. The summed E-state index contributed by atoms with van der Waals surface area (Å²) < 4.78 is 71.0. The van der Waals surface area contributed by atoms with Gasteiger partial charge in [-0.05, 0) is 32.4 Å². The van der Waals surface area contributed by atoms with Crippen LogP contribution in [0.2, 0.25) is 0 Å². The smallest absolute Gasteiger partial charge is 0.419 e. The molecule has 1 aliphatic rings.